The number of para-hydroxylation sites is 3. The van der Waals surface area contributed by atoms with Crippen molar-refractivity contribution in [3.05, 3.63) is 158 Å². The summed E-state index contributed by atoms with van der Waals surface area (Å²) in [7, 11) is 0. The Hall–Kier alpha value is -6.58. The van der Waals surface area contributed by atoms with Gasteiger partial charge in [0.2, 0.25) is 0 Å². The maximum atomic E-state index is 6.53. The van der Waals surface area contributed by atoms with Crippen molar-refractivity contribution < 1.29 is 4.42 Å². The second-order valence-corrected chi connectivity index (χ2v) is 13.3. The predicted octanol–water partition coefficient (Wildman–Crippen LogP) is 12.6. The van der Waals surface area contributed by atoms with E-state index >= 15 is 0 Å². The summed E-state index contributed by atoms with van der Waals surface area (Å²) in [4.78, 5) is 0. The number of rotatable bonds is 2. The van der Waals surface area contributed by atoms with Crippen LogP contribution in [0, 0.1) is 0 Å². The first kappa shape index (κ1) is 25.5. The van der Waals surface area contributed by atoms with Gasteiger partial charge in [-0.3, -0.25) is 0 Å². The number of hydrogen-bond donors (Lipinski definition) is 0. The van der Waals surface area contributed by atoms with Crippen molar-refractivity contribution in [1.29, 1.82) is 0 Å². The Morgan fingerprint density at radius 2 is 0.959 bits per heavy atom. The van der Waals surface area contributed by atoms with Crippen LogP contribution in [0.2, 0.25) is 0 Å². The molecule has 49 heavy (non-hydrogen) atoms. The molecule has 3 heterocycles. The van der Waals surface area contributed by atoms with E-state index in [9.17, 15) is 0 Å². The number of benzene rings is 8. The standard InChI is InChI=1S/C46H26N2O/c1-2-11-30-29(10-1)33-15-9-16-36-43(33)37(30)26-38-31-12-3-6-17-39(31)48(45(36)38)28-22-20-27(21-23-28)47-40-18-7-4-14-35(40)44-41(47)25-24-34-32-13-5-8-19-42(32)49-46(34)44/h1-26H. The Morgan fingerprint density at radius 1 is 0.347 bits per heavy atom. The van der Waals surface area contributed by atoms with Gasteiger partial charge in [0.05, 0.1) is 27.5 Å². The van der Waals surface area contributed by atoms with Gasteiger partial charge in [-0.2, -0.15) is 0 Å². The van der Waals surface area contributed by atoms with Gasteiger partial charge in [-0.1, -0.05) is 97.1 Å². The van der Waals surface area contributed by atoms with Gasteiger partial charge in [-0.15, -0.1) is 0 Å². The normalized spacial score (nSPS) is 12.5. The van der Waals surface area contributed by atoms with E-state index in [1.54, 1.807) is 0 Å². The molecule has 0 radical (unpaired) electrons. The molecule has 3 nitrogen and oxygen atoms in total. The van der Waals surface area contributed by atoms with Crippen molar-refractivity contribution in [3.63, 3.8) is 0 Å². The Balaban J connectivity index is 1.11. The molecular formula is C46H26N2O. The first-order valence-electron chi connectivity index (χ1n) is 16.9. The van der Waals surface area contributed by atoms with Crippen molar-refractivity contribution >= 4 is 76.3 Å². The molecule has 0 bridgehead atoms. The van der Waals surface area contributed by atoms with Crippen LogP contribution in [0.5, 0.6) is 0 Å². The second-order valence-electron chi connectivity index (χ2n) is 13.3. The third-order valence-electron chi connectivity index (χ3n) is 10.8. The molecule has 0 N–H and O–H groups in total. The Morgan fingerprint density at radius 3 is 1.78 bits per heavy atom. The first-order chi connectivity index (χ1) is 24.3. The molecule has 0 saturated carbocycles. The minimum atomic E-state index is 0.920. The SMILES string of the molecule is c1ccc2c(c1)-c1cccc3c1c-2cc1c2ccccc2n(-c2ccc(-n4c5ccccc5c5c6oc7ccccc7c6ccc54)cc2)c31. The second kappa shape index (κ2) is 9.06. The Labute approximate surface area is 280 Å². The summed E-state index contributed by atoms with van der Waals surface area (Å²) in [6.07, 6.45) is 0. The number of furan rings is 1. The zero-order valence-corrected chi connectivity index (χ0v) is 26.3. The number of nitrogens with zero attached hydrogens (tertiary/aromatic N) is 2. The van der Waals surface area contributed by atoms with Gasteiger partial charge in [0, 0.05) is 43.7 Å². The summed E-state index contributed by atoms with van der Waals surface area (Å²) in [5.41, 5.74) is 14.2. The van der Waals surface area contributed by atoms with Crippen molar-refractivity contribution in [2.24, 2.45) is 0 Å². The highest BCUT2D eigenvalue weighted by molar-refractivity contribution is 6.28. The van der Waals surface area contributed by atoms with E-state index in [1.807, 2.05) is 6.07 Å². The summed E-state index contributed by atoms with van der Waals surface area (Å²) in [6, 6.07) is 57.4. The summed E-state index contributed by atoms with van der Waals surface area (Å²) >= 11 is 0. The predicted molar refractivity (Wildman–Crippen MR) is 204 cm³/mol. The highest BCUT2D eigenvalue weighted by atomic mass is 16.3. The molecule has 11 aromatic rings. The van der Waals surface area contributed by atoms with Gasteiger partial charge in [0.1, 0.15) is 11.2 Å². The lowest BCUT2D eigenvalue weighted by Crippen LogP contribution is -1.97. The molecule has 0 spiro atoms. The van der Waals surface area contributed by atoms with Crippen LogP contribution in [-0.2, 0) is 0 Å². The van der Waals surface area contributed by atoms with Gasteiger partial charge in [0.15, 0.2) is 0 Å². The molecule has 1 aliphatic carbocycles. The minimum Gasteiger partial charge on any atom is -0.455 e. The van der Waals surface area contributed by atoms with Crippen molar-refractivity contribution in [3.8, 4) is 33.6 Å². The van der Waals surface area contributed by atoms with Crippen LogP contribution in [-0.4, -0.2) is 9.13 Å². The fourth-order valence-corrected chi connectivity index (χ4v) is 8.85. The molecular weight excluding hydrogens is 597 g/mol. The molecule has 3 aromatic heterocycles. The van der Waals surface area contributed by atoms with Crippen LogP contribution in [0.25, 0.3) is 110 Å². The van der Waals surface area contributed by atoms with E-state index in [2.05, 4.69) is 161 Å². The lowest BCUT2D eigenvalue weighted by molar-refractivity contribution is 0.673. The summed E-state index contributed by atoms with van der Waals surface area (Å²) < 4.78 is 11.4. The molecule has 12 rings (SSSR count). The third kappa shape index (κ3) is 3.17. The van der Waals surface area contributed by atoms with Gasteiger partial charge < -0.3 is 13.6 Å². The number of hydrogen-bond acceptors (Lipinski definition) is 1. The molecule has 0 atom stereocenters. The van der Waals surface area contributed by atoms with E-state index in [1.165, 1.54) is 65.7 Å². The van der Waals surface area contributed by atoms with E-state index in [0.29, 0.717) is 0 Å². The maximum absolute atomic E-state index is 6.53. The van der Waals surface area contributed by atoms with Crippen LogP contribution >= 0.6 is 0 Å². The number of aromatic nitrogens is 2. The maximum Gasteiger partial charge on any atom is 0.145 e. The van der Waals surface area contributed by atoms with Crippen molar-refractivity contribution in [2.45, 2.75) is 0 Å². The summed E-state index contributed by atoms with van der Waals surface area (Å²) in [6.45, 7) is 0. The van der Waals surface area contributed by atoms with Crippen molar-refractivity contribution in [2.75, 3.05) is 0 Å². The fourth-order valence-electron chi connectivity index (χ4n) is 8.85. The summed E-state index contributed by atoms with van der Waals surface area (Å²) in [5.74, 6) is 0. The quantitative estimate of drug-likeness (QED) is 0.188. The molecule has 3 heteroatoms. The Bertz CT molecular complexity index is 3210. The van der Waals surface area contributed by atoms with E-state index in [4.69, 9.17) is 4.42 Å². The fraction of sp³-hybridized carbons (Fsp3) is 0. The average Bonchev–Trinajstić information content (AvgIpc) is 3.89. The molecule has 0 amide bonds. The van der Waals surface area contributed by atoms with Gasteiger partial charge in [-0.25, -0.2) is 0 Å². The zero-order chi connectivity index (χ0) is 31.8. The molecule has 226 valence electrons. The van der Waals surface area contributed by atoms with Gasteiger partial charge in [0.25, 0.3) is 0 Å². The van der Waals surface area contributed by atoms with Gasteiger partial charge >= 0.3 is 0 Å². The van der Waals surface area contributed by atoms with Crippen LogP contribution in [0.15, 0.2) is 162 Å². The third-order valence-corrected chi connectivity index (χ3v) is 10.8. The highest BCUT2D eigenvalue weighted by Gasteiger charge is 2.25. The molecule has 0 saturated heterocycles. The molecule has 1 aliphatic rings. The monoisotopic (exact) mass is 622 g/mol. The number of fused-ring (bicyclic) bond motifs is 14. The first-order valence-corrected chi connectivity index (χ1v) is 16.9. The van der Waals surface area contributed by atoms with Crippen LogP contribution in [0.4, 0.5) is 0 Å². The van der Waals surface area contributed by atoms with Crippen LogP contribution in [0.3, 0.4) is 0 Å². The van der Waals surface area contributed by atoms with E-state index < -0.39 is 0 Å². The van der Waals surface area contributed by atoms with Gasteiger partial charge in [-0.05, 0) is 88.3 Å². The lowest BCUT2D eigenvalue weighted by Gasteiger charge is -2.13. The van der Waals surface area contributed by atoms with Crippen LogP contribution < -0.4 is 0 Å². The summed E-state index contributed by atoms with van der Waals surface area (Å²) in [5, 5.41) is 9.84. The highest BCUT2D eigenvalue weighted by Crippen LogP contribution is 2.51. The molecule has 0 aliphatic heterocycles. The molecule has 0 unspecified atom stereocenters. The molecule has 8 aromatic carbocycles. The zero-order valence-electron chi connectivity index (χ0n) is 26.3. The van der Waals surface area contributed by atoms with E-state index in [0.717, 1.165) is 44.2 Å². The average molecular weight is 623 g/mol. The van der Waals surface area contributed by atoms with Crippen LogP contribution in [0.1, 0.15) is 0 Å². The topological polar surface area (TPSA) is 23.0 Å². The van der Waals surface area contributed by atoms with E-state index in [-0.39, 0.29) is 0 Å². The minimum absolute atomic E-state index is 0.920. The lowest BCUT2D eigenvalue weighted by atomic mass is 9.99. The molecule has 0 fully saturated rings. The smallest absolute Gasteiger partial charge is 0.145 e. The largest absolute Gasteiger partial charge is 0.455 e. The Kier molecular flexibility index (Phi) is 4.72. The van der Waals surface area contributed by atoms with Crippen molar-refractivity contribution in [1.82, 2.24) is 9.13 Å².